The molecule has 3 heterocycles. The van der Waals surface area contributed by atoms with Gasteiger partial charge in [-0.1, -0.05) is 0 Å². The Bertz CT molecular complexity index is 863. The van der Waals surface area contributed by atoms with E-state index >= 15 is 0 Å². The van der Waals surface area contributed by atoms with Gasteiger partial charge in [0.05, 0.1) is 39.6 Å². The molecule has 3 rings (SSSR count). The summed E-state index contributed by atoms with van der Waals surface area (Å²) < 4.78 is 74.0. The highest BCUT2D eigenvalue weighted by molar-refractivity contribution is 6.83. The lowest BCUT2D eigenvalue weighted by molar-refractivity contribution is 0.0695. The molecule has 3 saturated heterocycles. The number of hydrogen-bond donors (Lipinski definition) is 4. The second-order valence-electron chi connectivity index (χ2n) is 11.9. The lowest BCUT2D eigenvalue weighted by Gasteiger charge is -2.40. The number of ether oxygens (including phenoxy) is 7. The molecule has 0 bridgehead atoms. The average Bonchev–Trinajstić information content (AvgIpc) is 3.90. The minimum absolute atomic E-state index is 0.00751. The minimum atomic E-state index is -4.37. The zero-order chi connectivity index (χ0) is 34.8. The van der Waals surface area contributed by atoms with E-state index in [0.717, 1.165) is 0 Å². The van der Waals surface area contributed by atoms with Crippen molar-refractivity contribution in [3.05, 3.63) is 0 Å². The second kappa shape index (κ2) is 22.3. The van der Waals surface area contributed by atoms with E-state index in [2.05, 4.69) is 0 Å². The molecule has 0 aromatic carbocycles. The molecule has 4 N–H and O–H groups in total. The van der Waals surface area contributed by atoms with Crippen LogP contribution in [0.1, 0.15) is 32.1 Å². The third kappa shape index (κ3) is 18.1. The van der Waals surface area contributed by atoms with E-state index in [9.17, 15) is 14.4 Å². The van der Waals surface area contributed by atoms with Crippen LogP contribution in [-0.4, -0.2) is 174 Å². The fourth-order valence-electron chi connectivity index (χ4n) is 4.55. The number of hydrogen-bond acceptors (Lipinski definition) is 17. The first-order chi connectivity index (χ1) is 23.1. The van der Waals surface area contributed by atoms with E-state index < -0.39 is 35.2 Å². The van der Waals surface area contributed by atoms with Crippen LogP contribution in [0.2, 0.25) is 24.2 Å². The molecular formula is C27H58O17Si4. The van der Waals surface area contributed by atoms with Gasteiger partial charge in [-0.15, -0.1) is 0 Å². The van der Waals surface area contributed by atoms with E-state index in [1.165, 1.54) is 21.3 Å². The van der Waals surface area contributed by atoms with Gasteiger partial charge in [0.1, 0.15) is 18.3 Å². The van der Waals surface area contributed by atoms with E-state index in [1.807, 2.05) is 0 Å². The van der Waals surface area contributed by atoms with Gasteiger partial charge in [-0.05, 0) is 32.1 Å². The Hall–Kier alpha value is 0.188. The fourth-order valence-corrected chi connectivity index (χ4v) is 18.3. The zero-order valence-corrected chi connectivity index (χ0v) is 32.7. The van der Waals surface area contributed by atoms with Gasteiger partial charge in [0.2, 0.25) is 0 Å². The summed E-state index contributed by atoms with van der Waals surface area (Å²) >= 11 is 0. The average molecular weight is 767 g/mol. The molecule has 0 spiro atoms. The Labute approximate surface area is 288 Å². The van der Waals surface area contributed by atoms with Crippen molar-refractivity contribution in [3.8, 4) is 0 Å². The predicted molar refractivity (Wildman–Crippen MR) is 176 cm³/mol. The Kier molecular flexibility index (Phi) is 19.8. The van der Waals surface area contributed by atoms with Crippen molar-refractivity contribution < 1.29 is 78.3 Å². The standard InChI is InChI=1S/C27H58O17Si4/c1-32-45(29,15-5-12-36-19-25-22-39-25)42-47(31,17-7-14-38-21-27-24-41-27)44-48(34-3,18-8-11-35-10-4-9-28)43-46(30,33-2)16-6-13-37-20-26-23-40-26/h25-31H,4-24H2,1-3H3. The molecule has 0 radical (unpaired) electrons. The summed E-state index contributed by atoms with van der Waals surface area (Å²) in [6, 6.07) is 0.372. The molecule has 7 atom stereocenters. The van der Waals surface area contributed by atoms with Crippen molar-refractivity contribution in [2.45, 2.75) is 74.6 Å². The Morgan fingerprint density at radius 3 is 1.29 bits per heavy atom. The Balaban J connectivity index is 1.72. The summed E-state index contributed by atoms with van der Waals surface area (Å²) in [7, 11) is -12.2. The maximum Gasteiger partial charge on any atom is 0.490 e. The van der Waals surface area contributed by atoms with Gasteiger partial charge in [0, 0.05) is 85.1 Å². The normalized spacial score (nSPS) is 25.2. The van der Waals surface area contributed by atoms with E-state index in [4.69, 9.17) is 63.9 Å². The van der Waals surface area contributed by atoms with Crippen LogP contribution in [-0.2, 0) is 58.8 Å². The first kappa shape index (κ1) is 42.6. The number of aliphatic hydroxyl groups excluding tert-OH is 1. The van der Waals surface area contributed by atoms with E-state index in [0.29, 0.717) is 91.6 Å². The Morgan fingerprint density at radius 2 is 0.875 bits per heavy atom. The zero-order valence-electron chi connectivity index (χ0n) is 28.7. The van der Waals surface area contributed by atoms with Crippen molar-refractivity contribution >= 4 is 35.2 Å². The highest BCUT2D eigenvalue weighted by Crippen LogP contribution is 2.32. The fraction of sp³-hybridized carbons (Fsp3) is 1.00. The third-order valence-electron chi connectivity index (χ3n) is 7.58. The highest BCUT2D eigenvalue weighted by Gasteiger charge is 2.59. The molecule has 284 valence electrons. The summed E-state index contributed by atoms with van der Waals surface area (Å²) in [6.07, 6.45) is 2.37. The maximum atomic E-state index is 12.1. The molecule has 0 aromatic rings. The Morgan fingerprint density at radius 1 is 0.500 bits per heavy atom. The van der Waals surface area contributed by atoms with Gasteiger partial charge < -0.3 is 78.3 Å². The van der Waals surface area contributed by atoms with Crippen LogP contribution in [0.5, 0.6) is 0 Å². The minimum Gasteiger partial charge on any atom is -0.396 e. The molecule has 7 unspecified atom stereocenters. The predicted octanol–water partition coefficient (Wildman–Crippen LogP) is -0.0865. The van der Waals surface area contributed by atoms with Gasteiger partial charge in [-0.2, -0.15) is 0 Å². The summed E-state index contributed by atoms with van der Waals surface area (Å²) in [4.78, 5) is 35.2. The van der Waals surface area contributed by atoms with Gasteiger partial charge in [0.15, 0.2) is 0 Å². The van der Waals surface area contributed by atoms with Gasteiger partial charge >= 0.3 is 35.2 Å². The van der Waals surface area contributed by atoms with Crippen LogP contribution in [0.25, 0.3) is 0 Å². The lowest BCUT2D eigenvalue weighted by Crippen LogP contribution is -2.65. The van der Waals surface area contributed by atoms with Crippen LogP contribution in [0.3, 0.4) is 0 Å². The quantitative estimate of drug-likeness (QED) is 0.0383. The third-order valence-corrected chi connectivity index (χ3v) is 21.0. The molecule has 0 aromatic heterocycles. The van der Waals surface area contributed by atoms with E-state index in [1.54, 1.807) is 0 Å². The molecule has 17 nitrogen and oxygen atoms in total. The highest BCUT2D eigenvalue weighted by atomic mass is 28.5. The van der Waals surface area contributed by atoms with Gasteiger partial charge in [-0.3, -0.25) is 0 Å². The summed E-state index contributed by atoms with van der Waals surface area (Å²) in [5, 5.41) is 9.08. The molecule has 0 aliphatic carbocycles. The molecule has 48 heavy (non-hydrogen) atoms. The molecular weight excluding hydrogens is 709 g/mol. The molecule has 0 saturated carbocycles. The molecule has 3 fully saturated rings. The van der Waals surface area contributed by atoms with Crippen LogP contribution in [0.4, 0.5) is 0 Å². The van der Waals surface area contributed by atoms with Crippen LogP contribution in [0, 0.1) is 0 Å². The first-order valence-corrected chi connectivity index (χ1v) is 24.6. The lowest BCUT2D eigenvalue weighted by atomic mass is 10.5. The largest absolute Gasteiger partial charge is 0.490 e. The van der Waals surface area contributed by atoms with Crippen molar-refractivity contribution in [2.24, 2.45) is 0 Å². The van der Waals surface area contributed by atoms with Crippen molar-refractivity contribution in [1.82, 2.24) is 0 Å². The molecule has 3 aliphatic heterocycles. The van der Waals surface area contributed by atoms with Gasteiger partial charge in [-0.25, -0.2) is 0 Å². The monoisotopic (exact) mass is 766 g/mol. The topological polar surface area (TPSA) is 211 Å². The maximum absolute atomic E-state index is 12.1. The number of epoxide rings is 3. The SMILES string of the molecule is CO[Si](O)(CCCOCC1CO1)O[Si](O)(CCCOCC1CO1)O[Si](CCCOCCCO)(OC)O[Si](O)(CCCOCC1CO1)OC. The number of aliphatic hydroxyl groups is 1. The summed E-state index contributed by atoms with van der Waals surface area (Å²) in [5.74, 6) is 0. The van der Waals surface area contributed by atoms with E-state index in [-0.39, 0.29) is 62.3 Å². The van der Waals surface area contributed by atoms with Crippen molar-refractivity contribution in [1.29, 1.82) is 0 Å². The molecule has 21 heteroatoms. The first-order valence-electron chi connectivity index (χ1n) is 16.8. The van der Waals surface area contributed by atoms with Crippen LogP contribution >= 0.6 is 0 Å². The van der Waals surface area contributed by atoms with Crippen molar-refractivity contribution in [3.63, 3.8) is 0 Å². The summed E-state index contributed by atoms with van der Waals surface area (Å²) in [5.41, 5.74) is 0. The smallest absolute Gasteiger partial charge is 0.396 e. The molecule has 0 amide bonds. The van der Waals surface area contributed by atoms with Crippen molar-refractivity contribution in [2.75, 3.05) is 101 Å². The van der Waals surface area contributed by atoms with Crippen LogP contribution < -0.4 is 0 Å². The van der Waals surface area contributed by atoms with Gasteiger partial charge in [0.25, 0.3) is 0 Å². The number of rotatable bonds is 34. The molecule has 3 aliphatic rings. The van der Waals surface area contributed by atoms with Crippen LogP contribution in [0.15, 0.2) is 0 Å². The second-order valence-corrected chi connectivity index (χ2v) is 23.3. The summed E-state index contributed by atoms with van der Waals surface area (Å²) in [6.45, 7) is 5.06.